The van der Waals surface area contributed by atoms with Gasteiger partial charge < -0.3 is 4.74 Å². The molecular weight excluding hydrogens is 199 g/mol. The van der Waals surface area contributed by atoms with Crippen molar-refractivity contribution in [2.24, 2.45) is 0 Å². The van der Waals surface area contributed by atoms with Crippen molar-refractivity contribution in [1.82, 2.24) is 4.98 Å². The third kappa shape index (κ3) is 2.26. The molecule has 0 spiro atoms. The molecule has 1 rings (SSSR count). The molecule has 62 valence electrons. The Morgan fingerprint density at radius 1 is 1.58 bits per heavy atom. The zero-order valence-electron chi connectivity index (χ0n) is 5.87. The summed E-state index contributed by atoms with van der Waals surface area (Å²) in [5, 5.41) is 8.52. The quantitative estimate of drug-likeness (QED) is 0.421. The molecule has 0 radical (unpaired) electrons. The third-order valence-corrected chi connectivity index (χ3v) is 1.73. The van der Waals surface area contributed by atoms with E-state index in [4.69, 9.17) is 28.5 Å². The van der Waals surface area contributed by atoms with Crippen LogP contribution < -0.4 is 0 Å². The molecule has 0 saturated heterocycles. The van der Waals surface area contributed by atoms with Crippen molar-refractivity contribution in [3.63, 3.8) is 0 Å². The van der Waals surface area contributed by atoms with E-state index in [9.17, 15) is 0 Å². The maximum absolute atomic E-state index is 8.15. The van der Waals surface area contributed by atoms with Gasteiger partial charge in [-0.25, -0.2) is 4.98 Å². The normalized spacial score (nSPS) is 11.8. The van der Waals surface area contributed by atoms with Crippen LogP contribution in [0, 0.1) is 11.5 Å². The van der Waals surface area contributed by atoms with Crippen LogP contribution in [0.3, 0.4) is 0 Å². The minimum Gasteiger partial charge on any atom is -0.403 e. The minimum atomic E-state index is -0.792. The van der Waals surface area contributed by atoms with E-state index in [0.717, 1.165) is 0 Å². The van der Waals surface area contributed by atoms with Crippen LogP contribution in [0.25, 0.3) is 0 Å². The maximum atomic E-state index is 8.15. The first-order chi connectivity index (χ1) is 5.74. The van der Waals surface area contributed by atoms with Crippen molar-refractivity contribution in [3.8, 4) is 6.26 Å². The first kappa shape index (κ1) is 9.11. The Bertz CT molecular complexity index is 293. The summed E-state index contributed by atoms with van der Waals surface area (Å²) in [5.74, 6) is 0. The molecule has 1 atom stereocenters. The van der Waals surface area contributed by atoms with Crippen LogP contribution >= 0.6 is 23.2 Å². The van der Waals surface area contributed by atoms with Crippen LogP contribution in [0.5, 0.6) is 0 Å². The number of nitrogens with zero attached hydrogens (tertiary/aromatic N) is 2. The van der Waals surface area contributed by atoms with Gasteiger partial charge in [-0.1, -0.05) is 23.2 Å². The molecule has 0 amide bonds. The lowest BCUT2D eigenvalue weighted by molar-refractivity contribution is 0.240. The zero-order chi connectivity index (χ0) is 8.97. The Morgan fingerprint density at radius 3 is 2.83 bits per heavy atom. The van der Waals surface area contributed by atoms with E-state index in [-0.39, 0.29) is 0 Å². The molecule has 0 aliphatic heterocycles. The first-order valence-electron chi connectivity index (χ1n) is 3.04. The third-order valence-electron chi connectivity index (χ3n) is 1.17. The largest absolute Gasteiger partial charge is 0.403 e. The van der Waals surface area contributed by atoms with Gasteiger partial charge in [-0.15, -0.1) is 0 Å². The number of alkyl halides is 1. The van der Waals surface area contributed by atoms with E-state index in [1.165, 1.54) is 12.5 Å². The van der Waals surface area contributed by atoms with Crippen LogP contribution in [-0.2, 0) is 4.74 Å². The number of halogens is 2. The number of hydrogen-bond acceptors (Lipinski definition) is 3. The average molecular weight is 203 g/mol. The summed E-state index contributed by atoms with van der Waals surface area (Å²) in [5.41, 5.74) is -0.192. The lowest BCUT2D eigenvalue weighted by Crippen LogP contribution is -1.92. The fourth-order valence-electron chi connectivity index (χ4n) is 0.636. The summed E-state index contributed by atoms with van der Waals surface area (Å²) in [4.78, 5) is 3.77. The summed E-state index contributed by atoms with van der Waals surface area (Å²) >= 11 is 11.2. The summed E-state index contributed by atoms with van der Waals surface area (Å²) in [6, 6.07) is 3.22. The number of rotatable bonds is 2. The average Bonchev–Trinajstić information content (AvgIpc) is 2.06. The van der Waals surface area contributed by atoms with Gasteiger partial charge >= 0.3 is 0 Å². The van der Waals surface area contributed by atoms with Crippen LogP contribution in [0.4, 0.5) is 0 Å². The second-order valence-electron chi connectivity index (χ2n) is 1.94. The molecule has 0 N–H and O–H groups in total. The molecule has 1 heterocycles. The van der Waals surface area contributed by atoms with Gasteiger partial charge in [-0.2, -0.15) is 5.26 Å². The predicted molar refractivity (Wildman–Crippen MR) is 44.5 cm³/mol. The van der Waals surface area contributed by atoms with Crippen molar-refractivity contribution >= 4 is 23.2 Å². The lowest BCUT2D eigenvalue weighted by Gasteiger charge is -2.04. The highest BCUT2D eigenvalue weighted by Gasteiger charge is 2.07. The second-order valence-corrected chi connectivity index (χ2v) is 2.72. The van der Waals surface area contributed by atoms with Gasteiger partial charge in [0.15, 0.2) is 0 Å². The Hall–Kier alpha value is -0.980. The van der Waals surface area contributed by atoms with Crippen molar-refractivity contribution < 1.29 is 4.74 Å². The molecule has 12 heavy (non-hydrogen) atoms. The minimum absolute atomic E-state index is 0.375. The molecule has 1 aromatic heterocycles. The number of ether oxygens (including phenoxy) is 1. The molecule has 0 fully saturated rings. The highest BCUT2D eigenvalue weighted by molar-refractivity contribution is 6.29. The van der Waals surface area contributed by atoms with Gasteiger partial charge in [0.25, 0.3) is 6.26 Å². The topological polar surface area (TPSA) is 45.9 Å². The fraction of sp³-hybridized carbons (Fsp3) is 0.143. The summed E-state index contributed by atoms with van der Waals surface area (Å²) in [6.07, 6.45) is 2.94. The number of hydrogen-bond donors (Lipinski definition) is 0. The molecule has 0 saturated carbocycles. The van der Waals surface area contributed by atoms with Crippen LogP contribution in [0.15, 0.2) is 18.3 Å². The molecule has 3 nitrogen and oxygen atoms in total. The summed E-state index contributed by atoms with van der Waals surface area (Å²) in [6.45, 7) is 0. The predicted octanol–water partition coefficient (Wildman–Crippen LogP) is 2.47. The van der Waals surface area contributed by atoms with E-state index in [1.807, 2.05) is 0 Å². The monoisotopic (exact) mass is 202 g/mol. The van der Waals surface area contributed by atoms with Gasteiger partial charge in [0, 0.05) is 11.8 Å². The summed E-state index contributed by atoms with van der Waals surface area (Å²) < 4.78 is 4.46. The van der Waals surface area contributed by atoms with E-state index >= 15 is 0 Å². The highest BCUT2D eigenvalue weighted by Crippen LogP contribution is 2.20. The second kappa shape index (κ2) is 4.15. The van der Waals surface area contributed by atoms with Crippen LogP contribution in [-0.4, -0.2) is 4.98 Å². The van der Waals surface area contributed by atoms with Crippen molar-refractivity contribution in [1.29, 1.82) is 5.26 Å². The van der Waals surface area contributed by atoms with Gasteiger partial charge in [-0.05, 0) is 12.1 Å². The number of nitriles is 1. The molecule has 5 heteroatoms. The molecule has 0 aliphatic rings. The molecule has 1 aromatic rings. The molecule has 0 aromatic carbocycles. The standard InChI is InChI=1S/C7H4Cl2N2O/c8-6-2-1-5(3-11-6)7(9)12-4-10/h1-3,7H. The van der Waals surface area contributed by atoms with Crippen LogP contribution in [0.1, 0.15) is 11.1 Å². The van der Waals surface area contributed by atoms with Gasteiger partial charge in [-0.3, -0.25) is 0 Å². The van der Waals surface area contributed by atoms with Gasteiger partial charge in [0.05, 0.1) is 0 Å². The Kier molecular flexibility index (Phi) is 3.15. The van der Waals surface area contributed by atoms with E-state index < -0.39 is 5.56 Å². The molecular formula is C7H4Cl2N2O. The van der Waals surface area contributed by atoms with Gasteiger partial charge in [0.1, 0.15) is 5.15 Å². The van der Waals surface area contributed by atoms with E-state index in [0.29, 0.717) is 10.7 Å². The van der Waals surface area contributed by atoms with Crippen molar-refractivity contribution in [3.05, 3.63) is 29.0 Å². The highest BCUT2D eigenvalue weighted by atomic mass is 35.5. The van der Waals surface area contributed by atoms with Crippen molar-refractivity contribution in [2.45, 2.75) is 5.56 Å². The van der Waals surface area contributed by atoms with E-state index in [2.05, 4.69) is 9.72 Å². The maximum Gasteiger partial charge on any atom is 0.288 e. The Labute approximate surface area is 79.5 Å². The van der Waals surface area contributed by atoms with Crippen molar-refractivity contribution in [2.75, 3.05) is 0 Å². The van der Waals surface area contributed by atoms with Gasteiger partial charge in [0.2, 0.25) is 5.56 Å². The Morgan fingerprint density at radius 2 is 2.33 bits per heavy atom. The zero-order valence-corrected chi connectivity index (χ0v) is 7.38. The molecule has 0 aliphatic carbocycles. The first-order valence-corrected chi connectivity index (χ1v) is 3.85. The lowest BCUT2D eigenvalue weighted by atomic mass is 10.3. The Balaban J connectivity index is 2.76. The number of pyridine rings is 1. The SMILES string of the molecule is N#COC(Cl)c1ccc(Cl)nc1. The van der Waals surface area contributed by atoms with Crippen LogP contribution in [0.2, 0.25) is 5.15 Å². The van der Waals surface area contributed by atoms with E-state index in [1.54, 1.807) is 12.1 Å². The molecule has 1 unspecified atom stereocenters. The summed E-state index contributed by atoms with van der Waals surface area (Å²) in [7, 11) is 0. The smallest absolute Gasteiger partial charge is 0.288 e. The number of aromatic nitrogens is 1. The molecule has 0 bridgehead atoms. The fourth-order valence-corrected chi connectivity index (χ4v) is 0.917.